The number of rotatable bonds is 5. The molecule has 1 amide bonds. The molecule has 35 heavy (non-hydrogen) atoms. The molecule has 4 heterocycles. The summed E-state index contributed by atoms with van der Waals surface area (Å²) in [4.78, 5) is 32.1. The Balaban J connectivity index is 1.39. The number of hydrogen-bond donors (Lipinski definition) is 1. The van der Waals surface area contributed by atoms with Gasteiger partial charge in [0.25, 0.3) is 5.91 Å². The largest absolute Gasteiger partial charge is 0.417 e. The van der Waals surface area contributed by atoms with Crippen LogP contribution in [0.25, 0.3) is 11.4 Å². The number of nitrogens with one attached hydrogen (secondary N) is 1. The van der Waals surface area contributed by atoms with E-state index < -0.39 is 17.6 Å². The van der Waals surface area contributed by atoms with Crippen molar-refractivity contribution in [3.05, 3.63) is 65.6 Å². The van der Waals surface area contributed by atoms with Crippen LogP contribution in [0.2, 0.25) is 0 Å². The Labute approximate surface area is 198 Å². The molecule has 3 aromatic rings. The highest BCUT2D eigenvalue weighted by molar-refractivity contribution is 5.98. The van der Waals surface area contributed by atoms with E-state index in [-0.39, 0.29) is 30.0 Å². The SMILES string of the molecule is Cc1ccc(-c2ncccn2)c(C(=O)N2CC3CC3CC2CNc2ncc(C(F)(F)F)cc2F)n1. The average molecular weight is 486 g/mol. The first-order valence-corrected chi connectivity index (χ1v) is 11.2. The number of carbonyl (C=O) groups excluding carboxylic acids is 1. The van der Waals surface area contributed by atoms with Crippen molar-refractivity contribution in [3.8, 4) is 11.4 Å². The molecule has 7 nitrogen and oxygen atoms in total. The summed E-state index contributed by atoms with van der Waals surface area (Å²) in [6.07, 6.45) is 0.794. The topological polar surface area (TPSA) is 83.9 Å². The quantitative estimate of drug-likeness (QED) is 0.540. The van der Waals surface area contributed by atoms with Gasteiger partial charge in [-0.05, 0) is 55.9 Å². The average Bonchev–Trinajstić information content (AvgIpc) is 3.60. The molecule has 3 aromatic heterocycles. The van der Waals surface area contributed by atoms with Gasteiger partial charge in [0, 0.05) is 43.4 Å². The fourth-order valence-electron chi connectivity index (χ4n) is 4.56. The number of aromatic nitrogens is 4. The van der Waals surface area contributed by atoms with Crippen LogP contribution in [0.5, 0.6) is 0 Å². The highest BCUT2D eigenvalue weighted by Gasteiger charge is 2.47. The first-order chi connectivity index (χ1) is 16.7. The summed E-state index contributed by atoms with van der Waals surface area (Å²) in [5.41, 5.74) is 0.262. The van der Waals surface area contributed by atoms with Gasteiger partial charge in [0.15, 0.2) is 17.5 Å². The van der Waals surface area contributed by atoms with Crippen LogP contribution in [-0.2, 0) is 6.18 Å². The van der Waals surface area contributed by atoms with Crippen LogP contribution in [0.15, 0.2) is 42.9 Å². The van der Waals surface area contributed by atoms with E-state index in [0.29, 0.717) is 54.1 Å². The molecule has 2 fully saturated rings. The van der Waals surface area contributed by atoms with Crippen molar-refractivity contribution in [2.45, 2.75) is 32.0 Å². The molecule has 3 unspecified atom stereocenters. The monoisotopic (exact) mass is 486 g/mol. The van der Waals surface area contributed by atoms with Crippen molar-refractivity contribution in [3.63, 3.8) is 0 Å². The van der Waals surface area contributed by atoms with Crippen LogP contribution in [0.3, 0.4) is 0 Å². The van der Waals surface area contributed by atoms with Crippen molar-refractivity contribution in [1.82, 2.24) is 24.8 Å². The number of likely N-dealkylation sites (tertiary alicyclic amines) is 1. The minimum Gasteiger partial charge on any atom is -0.366 e. The van der Waals surface area contributed by atoms with Crippen LogP contribution in [-0.4, -0.2) is 49.9 Å². The van der Waals surface area contributed by atoms with Gasteiger partial charge >= 0.3 is 6.18 Å². The molecule has 1 aliphatic carbocycles. The Hall–Kier alpha value is -3.63. The molecule has 5 rings (SSSR count). The molecule has 2 aliphatic rings. The molecule has 1 saturated carbocycles. The Bertz CT molecular complexity index is 1250. The number of alkyl halides is 3. The number of amides is 1. The highest BCUT2D eigenvalue weighted by Crippen LogP contribution is 2.47. The van der Waals surface area contributed by atoms with E-state index in [4.69, 9.17) is 0 Å². The Morgan fingerprint density at radius 1 is 1.14 bits per heavy atom. The minimum absolute atomic E-state index is 0.146. The third kappa shape index (κ3) is 4.80. The molecule has 0 bridgehead atoms. The summed E-state index contributed by atoms with van der Waals surface area (Å²) in [6, 6.07) is 5.35. The normalized spacial score (nSPS) is 21.4. The van der Waals surface area contributed by atoms with E-state index in [0.717, 1.165) is 6.42 Å². The van der Waals surface area contributed by atoms with Gasteiger partial charge in [0.1, 0.15) is 5.69 Å². The summed E-state index contributed by atoms with van der Waals surface area (Å²) in [5.74, 6) is -0.405. The van der Waals surface area contributed by atoms with Crippen molar-refractivity contribution in [2.75, 3.05) is 18.4 Å². The first-order valence-electron chi connectivity index (χ1n) is 11.2. The van der Waals surface area contributed by atoms with E-state index in [1.54, 1.807) is 42.4 Å². The second-order valence-corrected chi connectivity index (χ2v) is 8.96. The molecule has 0 radical (unpaired) electrons. The van der Waals surface area contributed by atoms with Crippen LogP contribution in [0, 0.1) is 24.6 Å². The lowest BCUT2D eigenvalue weighted by molar-refractivity contribution is -0.138. The Morgan fingerprint density at radius 2 is 1.91 bits per heavy atom. The predicted molar refractivity (Wildman–Crippen MR) is 119 cm³/mol. The van der Waals surface area contributed by atoms with Gasteiger partial charge in [-0.3, -0.25) is 4.79 Å². The van der Waals surface area contributed by atoms with Gasteiger partial charge < -0.3 is 10.2 Å². The molecule has 11 heteroatoms. The second kappa shape index (κ2) is 8.86. The number of fused-ring (bicyclic) bond motifs is 1. The van der Waals surface area contributed by atoms with Crippen molar-refractivity contribution in [1.29, 1.82) is 0 Å². The number of hydrogen-bond acceptors (Lipinski definition) is 6. The maximum absolute atomic E-state index is 14.3. The molecular weight excluding hydrogens is 464 g/mol. The number of pyridine rings is 2. The molecule has 182 valence electrons. The zero-order valence-electron chi connectivity index (χ0n) is 18.8. The molecule has 3 atom stereocenters. The second-order valence-electron chi connectivity index (χ2n) is 8.96. The molecule has 0 aromatic carbocycles. The fourth-order valence-corrected chi connectivity index (χ4v) is 4.56. The van der Waals surface area contributed by atoms with Gasteiger partial charge in [-0.1, -0.05) is 0 Å². The number of aryl methyl sites for hydroxylation is 1. The van der Waals surface area contributed by atoms with Gasteiger partial charge in [-0.2, -0.15) is 13.2 Å². The minimum atomic E-state index is -4.68. The van der Waals surface area contributed by atoms with E-state index in [9.17, 15) is 22.4 Å². The Morgan fingerprint density at radius 3 is 2.63 bits per heavy atom. The maximum atomic E-state index is 14.3. The summed E-state index contributed by atoms with van der Waals surface area (Å²) in [5, 5.41) is 2.80. The highest BCUT2D eigenvalue weighted by atomic mass is 19.4. The number of carbonyl (C=O) groups is 1. The lowest BCUT2D eigenvalue weighted by Crippen LogP contribution is -2.48. The molecule has 1 saturated heterocycles. The van der Waals surface area contributed by atoms with E-state index in [1.165, 1.54) is 0 Å². The third-order valence-electron chi connectivity index (χ3n) is 6.49. The van der Waals surface area contributed by atoms with Crippen LogP contribution in [0.1, 0.15) is 34.6 Å². The predicted octanol–water partition coefficient (Wildman–Crippen LogP) is 4.36. The van der Waals surface area contributed by atoms with Gasteiger partial charge in [0.2, 0.25) is 0 Å². The van der Waals surface area contributed by atoms with Crippen LogP contribution < -0.4 is 5.32 Å². The standard InChI is InChI=1S/C24H22F4N6O/c1-13-3-4-18(21-29-5-2-6-30-21)20(33-13)23(35)34-12-15-7-14(15)8-17(34)11-32-22-19(25)9-16(10-31-22)24(26,27)28/h2-6,9-10,14-15,17H,7-8,11-12H2,1H3,(H,31,32). The smallest absolute Gasteiger partial charge is 0.366 e. The molecule has 1 aliphatic heterocycles. The van der Waals surface area contributed by atoms with Gasteiger partial charge in [0.05, 0.1) is 11.1 Å². The maximum Gasteiger partial charge on any atom is 0.417 e. The van der Waals surface area contributed by atoms with Gasteiger partial charge in [-0.25, -0.2) is 24.3 Å². The van der Waals surface area contributed by atoms with Gasteiger partial charge in [-0.15, -0.1) is 0 Å². The zero-order valence-corrected chi connectivity index (χ0v) is 18.8. The number of halogens is 4. The summed E-state index contributed by atoms with van der Waals surface area (Å²) >= 11 is 0. The van der Waals surface area contributed by atoms with E-state index in [2.05, 4.69) is 25.3 Å². The molecule has 1 N–H and O–H groups in total. The lowest BCUT2D eigenvalue weighted by atomic mass is 10.00. The number of anilines is 1. The zero-order chi connectivity index (χ0) is 24.7. The number of piperidine rings is 1. The summed E-state index contributed by atoms with van der Waals surface area (Å²) in [6.45, 7) is 2.47. The number of nitrogens with zero attached hydrogens (tertiary/aromatic N) is 5. The van der Waals surface area contributed by atoms with E-state index in [1.807, 2.05) is 0 Å². The molecular formula is C24H22F4N6O. The lowest BCUT2D eigenvalue weighted by Gasteiger charge is -2.36. The van der Waals surface area contributed by atoms with Crippen LogP contribution in [0.4, 0.5) is 23.4 Å². The first kappa shape index (κ1) is 23.1. The Kier molecular flexibility index (Phi) is 5.86. The third-order valence-corrected chi connectivity index (χ3v) is 6.49. The fraction of sp³-hybridized carbons (Fsp3) is 0.375. The molecule has 0 spiro atoms. The van der Waals surface area contributed by atoms with Crippen molar-refractivity contribution in [2.24, 2.45) is 11.8 Å². The van der Waals surface area contributed by atoms with E-state index >= 15 is 0 Å². The van der Waals surface area contributed by atoms with Crippen molar-refractivity contribution >= 4 is 11.7 Å². The summed E-state index contributed by atoms with van der Waals surface area (Å²) in [7, 11) is 0. The summed E-state index contributed by atoms with van der Waals surface area (Å²) < 4.78 is 52.8. The van der Waals surface area contributed by atoms with Crippen molar-refractivity contribution < 1.29 is 22.4 Å². The van der Waals surface area contributed by atoms with Crippen LogP contribution >= 0.6 is 0 Å².